The van der Waals surface area contributed by atoms with E-state index in [1.807, 2.05) is 12.4 Å². The molecule has 0 bridgehead atoms. The molecule has 0 heterocycles. The second kappa shape index (κ2) is 16.0. The van der Waals surface area contributed by atoms with Crippen LogP contribution < -0.4 is 0 Å². The zero-order valence-corrected chi connectivity index (χ0v) is 35.7. The van der Waals surface area contributed by atoms with E-state index in [2.05, 4.69) is 107 Å². The van der Waals surface area contributed by atoms with E-state index in [1.54, 1.807) is 0 Å². The van der Waals surface area contributed by atoms with E-state index in [0.717, 1.165) is 47.9 Å². The number of halogens is 2. The van der Waals surface area contributed by atoms with Crippen LogP contribution in [0.15, 0.2) is 34.3 Å². The molecule has 4 nitrogen and oxygen atoms in total. The minimum absolute atomic E-state index is 0. The van der Waals surface area contributed by atoms with Crippen LogP contribution in [0.5, 0.6) is 11.5 Å². The number of hydrogen-bond acceptors (Lipinski definition) is 4. The average molecular weight is 919 g/mol. The molecule has 1 saturated carbocycles. The molecule has 2 aromatic carbocycles. The second-order valence-electron chi connectivity index (χ2n) is 15.9. The molecule has 0 saturated heterocycles. The third-order valence-electron chi connectivity index (χ3n) is 8.13. The maximum absolute atomic E-state index is 11.2. The van der Waals surface area contributed by atoms with Gasteiger partial charge in [-0.3, -0.25) is 9.98 Å². The summed E-state index contributed by atoms with van der Waals surface area (Å²) in [6.45, 7) is 26.0. The number of aromatic hydroxyl groups is 2. The summed E-state index contributed by atoms with van der Waals surface area (Å²) in [7, 11) is 0. The Bertz CT molecular complexity index is 1180. The van der Waals surface area contributed by atoms with Crippen molar-refractivity contribution in [2.45, 2.75) is 143 Å². The van der Waals surface area contributed by atoms with E-state index >= 15 is 0 Å². The molecule has 7 heteroatoms. The maximum Gasteiger partial charge on any atom is 0.128 e. The molecule has 1 aliphatic rings. The number of benzene rings is 2. The number of phenolic OH excluding ortho intramolecular Hbond substituents is 2. The summed E-state index contributed by atoms with van der Waals surface area (Å²) in [5.41, 5.74) is 5.39. The predicted octanol–water partition coefficient (Wildman–Crippen LogP) is 10.5. The topological polar surface area (TPSA) is 65.2 Å². The van der Waals surface area contributed by atoms with Gasteiger partial charge in [-0.1, -0.05) is 108 Å². The molecule has 0 aliphatic heterocycles. The zero-order chi connectivity index (χ0) is 30.3. The molecule has 1 aliphatic carbocycles. The first kappa shape index (κ1) is 42.6. The number of hydrogen-bond donors (Lipinski definition) is 2. The van der Waals surface area contributed by atoms with Crippen LogP contribution in [0.1, 0.15) is 142 Å². The van der Waals surface area contributed by atoms with Crippen LogP contribution in [0.2, 0.25) is 0 Å². The van der Waals surface area contributed by atoms with Crippen LogP contribution in [-0.2, 0) is 21.7 Å². The van der Waals surface area contributed by atoms with Crippen LogP contribution in [-0.4, -0.2) is 58.6 Å². The largest absolute Gasteiger partial charge is 0.507 e. The summed E-state index contributed by atoms with van der Waals surface area (Å²) in [4.78, 5) is 10.1. The van der Waals surface area contributed by atoms with E-state index in [4.69, 9.17) is 9.98 Å². The SMILES string of the molecule is CC(C)(C)c1cc(C=N[C@H]2CCCC[C@@H]2N=Cc2cc(C(C)(C)C)cc(C(C)(C)C)c2O)c(O)c(C(C)(C)C)c1.[I].[I].[Sn]. The second-order valence-corrected chi connectivity index (χ2v) is 15.9. The predicted molar refractivity (Wildman–Crippen MR) is 206 cm³/mol. The molecule has 0 unspecified atom stereocenters. The molecule has 43 heavy (non-hydrogen) atoms. The molecule has 0 aromatic heterocycles. The average Bonchev–Trinajstić information content (AvgIpc) is 2.80. The fourth-order valence-electron chi connectivity index (χ4n) is 5.31. The summed E-state index contributed by atoms with van der Waals surface area (Å²) >= 11 is 0. The molecule has 6 radical (unpaired) electrons. The van der Waals surface area contributed by atoms with Gasteiger partial charge < -0.3 is 10.2 Å². The van der Waals surface area contributed by atoms with Crippen LogP contribution in [0.25, 0.3) is 0 Å². The summed E-state index contributed by atoms with van der Waals surface area (Å²) in [6.07, 6.45) is 7.90. The fraction of sp³-hybridized carbons (Fsp3) is 0.611. The summed E-state index contributed by atoms with van der Waals surface area (Å²) in [6, 6.07) is 8.53. The van der Waals surface area contributed by atoms with E-state index in [1.165, 1.54) is 11.1 Å². The molecule has 0 amide bonds. The van der Waals surface area contributed by atoms with E-state index in [0.29, 0.717) is 11.5 Å². The fourth-order valence-corrected chi connectivity index (χ4v) is 5.31. The Hall–Kier alpha value is -0.361. The quantitative estimate of drug-likeness (QED) is 0.182. The van der Waals surface area contributed by atoms with Gasteiger partial charge in [0.15, 0.2) is 0 Å². The molecule has 3 rings (SSSR count). The molecule has 1 fully saturated rings. The molecule has 0 spiro atoms. The minimum atomic E-state index is -0.179. The smallest absolute Gasteiger partial charge is 0.128 e. The number of aliphatic imine (C=N–C) groups is 2. The summed E-state index contributed by atoms with van der Waals surface area (Å²) in [5, 5.41) is 22.5. The Morgan fingerprint density at radius 3 is 1.12 bits per heavy atom. The van der Waals surface area contributed by atoms with Gasteiger partial charge in [0, 0.05) is 107 Å². The van der Waals surface area contributed by atoms with Gasteiger partial charge in [0.25, 0.3) is 0 Å². The molecule has 238 valence electrons. The minimum Gasteiger partial charge on any atom is -0.507 e. The Labute approximate surface area is 313 Å². The van der Waals surface area contributed by atoms with Crippen molar-refractivity contribution >= 4 is 84.3 Å². The van der Waals surface area contributed by atoms with Crippen LogP contribution in [0.4, 0.5) is 0 Å². The third kappa shape index (κ3) is 11.1. The molecular weight excluding hydrogens is 865 g/mol. The van der Waals surface area contributed by atoms with Crippen LogP contribution in [0.3, 0.4) is 0 Å². The Balaban J connectivity index is 0.00000588. The van der Waals surface area contributed by atoms with E-state index < -0.39 is 0 Å². The summed E-state index contributed by atoms with van der Waals surface area (Å²) in [5.74, 6) is 0.637. The monoisotopic (exact) mass is 920 g/mol. The van der Waals surface area contributed by atoms with E-state index in [9.17, 15) is 10.2 Å². The van der Waals surface area contributed by atoms with Crippen molar-refractivity contribution in [2.24, 2.45) is 9.98 Å². The molecule has 2 atom stereocenters. The maximum atomic E-state index is 11.2. The van der Waals surface area contributed by atoms with Crippen LogP contribution in [0, 0.1) is 0 Å². The summed E-state index contributed by atoms with van der Waals surface area (Å²) < 4.78 is 0. The van der Waals surface area contributed by atoms with Crippen molar-refractivity contribution in [1.29, 1.82) is 0 Å². The standard InChI is InChI=1S/C36H54N2O2.2I.Sn/c1-33(2,3)25-17-23(31(39)27(19-25)35(7,8)9)21-37-29-15-13-14-16-30(29)38-22-24-18-26(34(4,5)6)20-28(32(24)40)36(10,11)12;;;/h17-22,29-30,39-40H,13-16H2,1-12H3;;;/t29-,30-;;;/m0.../s1. The van der Waals surface area contributed by atoms with Gasteiger partial charge >= 0.3 is 0 Å². The Morgan fingerprint density at radius 2 is 0.860 bits per heavy atom. The van der Waals surface area contributed by atoms with Gasteiger partial charge in [0.1, 0.15) is 11.5 Å². The van der Waals surface area contributed by atoms with Crippen molar-refractivity contribution in [3.05, 3.63) is 57.6 Å². The van der Waals surface area contributed by atoms with E-state index in [-0.39, 0.29) is 106 Å². The van der Waals surface area contributed by atoms with Crippen molar-refractivity contribution in [2.75, 3.05) is 0 Å². The number of rotatable bonds is 4. The van der Waals surface area contributed by atoms with Gasteiger partial charge in [-0.05, 0) is 57.8 Å². The molecule has 2 aromatic rings. The Kier molecular flexibility index (Phi) is 15.8. The third-order valence-corrected chi connectivity index (χ3v) is 8.13. The van der Waals surface area contributed by atoms with Crippen molar-refractivity contribution in [1.82, 2.24) is 0 Å². The van der Waals surface area contributed by atoms with Crippen molar-refractivity contribution < 1.29 is 10.2 Å². The van der Waals surface area contributed by atoms with Gasteiger partial charge in [0.2, 0.25) is 0 Å². The first-order chi connectivity index (χ1) is 18.2. The first-order valence-corrected chi connectivity index (χ1v) is 15.0. The zero-order valence-electron chi connectivity index (χ0n) is 28.5. The molecule has 2 N–H and O–H groups in total. The van der Waals surface area contributed by atoms with Gasteiger partial charge in [-0.25, -0.2) is 0 Å². The Morgan fingerprint density at radius 1 is 0.558 bits per heavy atom. The van der Waals surface area contributed by atoms with Crippen molar-refractivity contribution in [3.63, 3.8) is 0 Å². The number of phenols is 2. The van der Waals surface area contributed by atoms with Gasteiger partial charge in [-0.2, -0.15) is 0 Å². The van der Waals surface area contributed by atoms with Crippen LogP contribution >= 0.6 is 48.0 Å². The normalized spacial score (nSPS) is 18.2. The molecular formula is C36H54I2N2O2Sn. The van der Waals surface area contributed by atoms with Crippen molar-refractivity contribution in [3.8, 4) is 11.5 Å². The van der Waals surface area contributed by atoms with Gasteiger partial charge in [0.05, 0.1) is 12.1 Å². The first-order valence-electron chi connectivity index (χ1n) is 15.0. The van der Waals surface area contributed by atoms with Gasteiger partial charge in [-0.15, -0.1) is 0 Å². The number of nitrogens with zero attached hydrogens (tertiary/aromatic N) is 2.